The van der Waals surface area contributed by atoms with Crippen molar-refractivity contribution in [3.63, 3.8) is 0 Å². The standard InChI is InChI=1S/C24H29N5O4S/c30-21(29-10-8-27(9-11-29)15-22(31)28-6-1-2-7-28)14-19-16-34-24(25-19)26-23(32)18-3-4-20-17(13-18)5-12-33-20/h3-4,13,16H,1-2,5-12,14-15H2,(H,25,26,32). The number of anilines is 1. The number of likely N-dealkylation sites (tertiary alicyclic amines) is 1. The fraction of sp³-hybridized carbons (Fsp3) is 0.500. The average Bonchev–Trinajstić information content (AvgIpc) is 3.61. The van der Waals surface area contributed by atoms with E-state index in [1.54, 1.807) is 6.07 Å². The molecule has 1 N–H and O–H groups in total. The van der Waals surface area contributed by atoms with Crippen LogP contribution in [0.5, 0.6) is 5.75 Å². The number of nitrogens with one attached hydrogen (secondary N) is 1. The van der Waals surface area contributed by atoms with E-state index in [-0.39, 0.29) is 24.1 Å². The Balaban J connectivity index is 1.08. The van der Waals surface area contributed by atoms with Crippen molar-refractivity contribution in [1.82, 2.24) is 19.7 Å². The minimum atomic E-state index is -0.221. The summed E-state index contributed by atoms with van der Waals surface area (Å²) in [6, 6.07) is 5.43. The van der Waals surface area contributed by atoms with Crippen LogP contribution < -0.4 is 10.1 Å². The van der Waals surface area contributed by atoms with Crippen LogP contribution in [0.15, 0.2) is 23.6 Å². The van der Waals surface area contributed by atoms with Gasteiger partial charge in [0.25, 0.3) is 5.91 Å². The molecule has 0 radical (unpaired) electrons. The van der Waals surface area contributed by atoms with Gasteiger partial charge in [-0.05, 0) is 36.6 Å². The van der Waals surface area contributed by atoms with Gasteiger partial charge in [0.1, 0.15) is 5.75 Å². The number of ether oxygens (including phenoxy) is 1. The predicted octanol–water partition coefficient (Wildman–Crippen LogP) is 1.64. The van der Waals surface area contributed by atoms with Crippen LogP contribution in [0, 0.1) is 0 Å². The van der Waals surface area contributed by atoms with Crippen molar-refractivity contribution < 1.29 is 19.1 Å². The van der Waals surface area contributed by atoms with Crippen LogP contribution in [0.1, 0.15) is 34.5 Å². The number of amides is 3. The molecule has 0 saturated carbocycles. The maximum Gasteiger partial charge on any atom is 0.257 e. The molecule has 0 unspecified atom stereocenters. The van der Waals surface area contributed by atoms with Gasteiger partial charge in [-0.2, -0.15) is 0 Å². The molecule has 3 aliphatic heterocycles. The van der Waals surface area contributed by atoms with Gasteiger partial charge in [-0.3, -0.25) is 24.6 Å². The topological polar surface area (TPSA) is 95.1 Å². The Hall–Kier alpha value is -2.98. The first kappa shape index (κ1) is 22.8. The van der Waals surface area contributed by atoms with Gasteiger partial charge in [0.2, 0.25) is 11.8 Å². The van der Waals surface area contributed by atoms with Gasteiger partial charge in [-0.15, -0.1) is 11.3 Å². The van der Waals surface area contributed by atoms with E-state index in [0.717, 1.165) is 43.7 Å². The highest BCUT2D eigenvalue weighted by molar-refractivity contribution is 7.14. The maximum absolute atomic E-state index is 12.8. The van der Waals surface area contributed by atoms with E-state index in [1.807, 2.05) is 27.3 Å². The molecule has 3 amide bonds. The second kappa shape index (κ2) is 10.1. The van der Waals surface area contributed by atoms with Gasteiger partial charge in [0.05, 0.1) is 25.3 Å². The second-order valence-electron chi connectivity index (χ2n) is 8.94. The van der Waals surface area contributed by atoms with Crippen molar-refractivity contribution in [2.75, 3.05) is 57.7 Å². The largest absolute Gasteiger partial charge is 0.493 e. The SMILES string of the molecule is O=C(Nc1nc(CC(=O)N2CCN(CC(=O)N3CCCC3)CC2)cs1)c1ccc2c(c1)CCO2. The summed E-state index contributed by atoms with van der Waals surface area (Å²) in [6.45, 7) is 5.46. The first-order chi connectivity index (χ1) is 16.5. The molecule has 2 fully saturated rings. The minimum Gasteiger partial charge on any atom is -0.493 e. The summed E-state index contributed by atoms with van der Waals surface area (Å²) in [5.74, 6) is 0.835. The Kier molecular flexibility index (Phi) is 6.77. The highest BCUT2D eigenvalue weighted by Crippen LogP contribution is 2.26. The van der Waals surface area contributed by atoms with E-state index in [1.165, 1.54) is 11.3 Å². The summed E-state index contributed by atoms with van der Waals surface area (Å²) < 4.78 is 5.49. The number of hydrogen-bond donors (Lipinski definition) is 1. The van der Waals surface area contributed by atoms with Crippen LogP contribution in [0.4, 0.5) is 5.13 Å². The van der Waals surface area contributed by atoms with Crippen LogP contribution in [0.2, 0.25) is 0 Å². The molecule has 0 aliphatic carbocycles. The molecule has 0 spiro atoms. The van der Waals surface area contributed by atoms with E-state index >= 15 is 0 Å². The van der Waals surface area contributed by atoms with Crippen LogP contribution >= 0.6 is 11.3 Å². The summed E-state index contributed by atoms with van der Waals surface area (Å²) in [5.41, 5.74) is 2.26. The Morgan fingerprint density at radius 3 is 2.56 bits per heavy atom. The molecule has 2 saturated heterocycles. The zero-order valence-corrected chi connectivity index (χ0v) is 19.9. The predicted molar refractivity (Wildman–Crippen MR) is 128 cm³/mol. The lowest BCUT2D eigenvalue weighted by atomic mass is 10.1. The number of piperazine rings is 1. The van der Waals surface area contributed by atoms with E-state index in [0.29, 0.717) is 55.7 Å². The molecule has 1 aromatic carbocycles. The van der Waals surface area contributed by atoms with Gasteiger partial charge in [0, 0.05) is 56.6 Å². The lowest BCUT2D eigenvalue weighted by Gasteiger charge is -2.35. The summed E-state index contributed by atoms with van der Waals surface area (Å²) in [6.07, 6.45) is 3.21. The third-order valence-corrected chi connectivity index (χ3v) is 7.41. The third-order valence-electron chi connectivity index (χ3n) is 6.60. The van der Waals surface area contributed by atoms with Gasteiger partial charge in [-0.1, -0.05) is 0 Å². The van der Waals surface area contributed by atoms with Gasteiger partial charge < -0.3 is 14.5 Å². The molecule has 9 nitrogen and oxygen atoms in total. The number of carbonyl (C=O) groups is 3. The fourth-order valence-electron chi connectivity index (χ4n) is 4.62. The van der Waals surface area contributed by atoms with Crippen molar-refractivity contribution in [2.24, 2.45) is 0 Å². The van der Waals surface area contributed by atoms with Crippen LogP contribution in [-0.2, 0) is 22.4 Å². The molecule has 1 aromatic heterocycles. The van der Waals surface area contributed by atoms with Crippen molar-refractivity contribution in [3.8, 4) is 5.75 Å². The fourth-order valence-corrected chi connectivity index (χ4v) is 5.33. The molecule has 2 aromatic rings. The number of fused-ring (bicyclic) bond motifs is 1. The van der Waals surface area contributed by atoms with Crippen LogP contribution in [-0.4, -0.2) is 89.8 Å². The van der Waals surface area contributed by atoms with E-state index in [9.17, 15) is 14.4 Å². The minimum absolute atomic E-state index is 0.0207. The Bertz CT molecular complexity index is 1070. The lowest BCUT2D eigenvalue weighted by molar-refractivity contribution is -0.134. The molecular formula is C24H29N5O4S. The molecule has 3 aliphatic rings. The van der Waals surface area contributed by atoms with Gasteiger partial charge in [-0.25, -0.2) is 4.98 Å². The Morgan fingerprint density at radius 1 is 1.00 bits per heavy atom. The first-order valence-corrected chi connectivity index (χ1v) is 12.7. The molecule has 5 rings (SSSR count). The molecule has 0 bridgehead atoms. The number of thiazole rings is 1. The molecule has 10 heteroatoms. The van der Waals surface area contributed by atoms with Crippen LogP contribution in [0.3, 0.4) is 0 Å². The van der Waals surface area contributed by atoms with Crippen molar-refractivity contribution in [1.29, 1.82) is 0 Å². The normalized spacial score (nSPS) is 18.0. The molecule has 4 heterocycles. The smallest absolute Gasteiger partial charge is 0.257 e. The van der Waals surface area contributed by atoms with Gasteiger partial charge >= 0.3 is 0 Å². The van der Waals surface area contributed by atoms with Crippen LogP contribution in [0.25, 0.3) is 0 Å². The Labute approximate surface area is 202 Å². The zero-order valence-electron chi connectivity index (χ0n) is 19.1. The molecule has 180 valence electrons. The van der Waals surface area contributed by atoms with E-state index in [4.69, 9.17) is 4.74 Å². The summed E-state index contributed by atoms with van der Waals surface area (Å²) in [5, 5.41) is 5.13. The molecule has 0 atom stereocenters. The van der Waals surface area contributed by atoms with Crippen molar-refractivity contribution in [2.45, 2.75) is 25.7 Å². The van der Waals surface area contributed by atoms with Crippen molar-refractivity contribution >= 4 is 34.2 Å². The number of rotatable bonds is 6. The lowest BCUT2D eigenvalue weighted by Crippen LogP contribution is -2.51. The maximum atomic E-state index is 12.8. The number of aromatic nitrogens is 1. The first-order valence-electron chi connectivity index (χ1n) is 11.8. The summed E-state index contributed by atoms with van der Waals surface area (Å²) >= 11 is 1.32. The van der Waals surface area contributed by atoms with E-state index in [2.05, 4.69) is 15.2 Å². The second-order valence-corrected chi connectivity index (χ2v) is 9.80. The molecule has 34 heavy (non-hydrogen) atoms. The average molecular weight is 484 g/mol. The highest BCUT2D eigenvalue weighted by atomic mass is 32.1. The summed E-state index contributed by atoms with van der Waals surface area (Å²) in [4.78, 5) is 48.0. The zero-order chi connectivity index (χ0) is 23.5. The number of benzene rings is 1. The van der Waals surface area contributed by atoms with E-state index < -0.39 is 0 Å². The summed E-state index contributed by atoms with van der Waals surface area (Å²) in [7, 11) is 0. The Morgan fingerprint density at radius 2 is 1.76 bits per heavy atom. The highest BCUT2D eigenvalue weighted by Gasteiger charge is 2.26. The monoisotopic (exact) mass is 483 g/mol. The van der Waals surface area contributed by atoms with Gasteiger partial charge in [0.15, 0.2) is 5.13 Å². The third kappa shape index (κ3) is 5.23. The number of carbonyl (C=O) groups excluding carboxylic acids is 3. The number of nitrogens with zero attached hydrogens (tertiary/aromatic N) is 4. The quantitative estimate of drug-likeness (QED) is 0.671. The van der Waals surface area contributed by atoms with Crippen molar-refractivity contribution in [3.05, 3.63) is 40.4 Å². The number of hydrogen-bond acceptors (Lipinski definition) is 7. The molecular weight excluding hydrogens is 454 g/mol.